The molecule has 0 radical (unpaired) electrons. The third kappa shape index (κ3) is 13.8. The molecular weight excluding hydrogens is 218 g/mol. The Hall–Kier alpha value is -0.740. The van der Waals surface area contributed by atoms with E-state index in [2.05, 4.69) is 4.74 Å². The Balaban J connectivity index is 0. The van der Waals surface area contributed by atoms with Crippen molar-refractivity contribution in [3.8, 4) is 0 Å². The van der Waals surface area contributed by atoms with Crippen LogP contribution in [0.4, 0.5) is 0 Å². The molecule has 2 unspecified atom stereocenters. The standard InChI is InChI=1S/C5H11NO3.H2O4S/c1-3(7)4(6)5(8)9-2;1-5(2,3)4/h3-4,7H,6H2,1-2H3;(H2,1,2,3,4). The minimum absolute atomic E-state index is 0.593. The number of aliphatic hydroxyl groups is 1. The molecule has 0 spiro atoms. The Morgan fingerprint density at radius 1 is 1.43 bits per heavy atom. The van der Waals surface area contributed by atoms with E-state index in [-0.39, 0.29) is 0 Å². The van der Waals surface area contributed by atoms with Crippen LogP contribution in [0.15, 0.2) is 0 Å². The van der Waals surface area contributed by atoms with Crippen LogP contribution in [0.2, 0.25) is 0 Å². The summed E-state index contributed by atoms with van der Waals surface area (Å²) in [5, 5.41) is 8.70. The summed E-state index contributed by atoms with van der Waals surface area (Å²) in [4.78, 5) is 10.4. The van der Waals surface area contributed by atoms with Gasteiger partial charge in [0, 0.05) is 0 Å². The van der Waals surface area contributed by atoms with Crippen molar-refractivity contribution in [2.75, 3.05) is 7.11 Å². The summed E-state index contributed by atoms with van der Waals surface area (Å²) in [6, 6.07) is -0.921. The topological polar surface area (TPSA) is 147 Å². The first-order valence-corrected chi connectivity index (χ1v) is 4.70. The second kappa shape index (κ2) is 6.68. The zero-order valence-electron chi connectivity index (χ0n) is 7.61. The van der Waals surface area contributed by atoms with Gasteiger partial charge in [0.2, 0.25) is 0 Å². The highest BCUT2D eigenvalue weighted by Crippen LogP contribution is 1.89. The number of hydrogen-bond acceptors (Lipinski definition) is 6. The highest BCUT2D eigenvalue weighted by atomic mass is 32.3. The molecule has 0 aromatic rings. The quantitative estimate of drug-likeness (QED) is 0.322. The maximum atomic E-state index is 10.4. The van der Waals surface area contributed by atoms with E-state index >= 15 is 0 Å². The summed E-state index contributed by atoms with van der Waals surface area (Å²) in [6.45, 7) is 1.43. The van der Waals surface area contributed by atoms with Gasteiger partial charge in [0.05, 0.1) is 13.2 Å². The van der Waals surface area contributed by atoms with Crippen LogP contribution in [-0.2, 0) is 19.9 Å². The van der Waals surface area contributed by atoms with E-state index in [1.807, 2.05) is 0 Å². The van der Waals surface area contributed by atoms with Gasteiger partial charge in [-0.25, -0.2) is 0 Å². The highest BCUT2D eigenvalue weighted by molar-refractivity contribution is 7.79. The van der Waals surface area contributed by atoms with Gasteiger partial charge in [0.15, 0.2) is 0 Å². The fourth-order valence-electron chi connectivity index (χ4n) is 0.333. The van der Waals surface area contributed by atoms with Crippen LogP contribution < -0.4 is 5.73 Å². The Morgan fingerprint density at radius 3 is 1.79 bits per heavy atom. The first-order valence-electron chi connectivity index (χ1n) is 3.31. The molecule has 8 nitrogen and oxygen atoms in total. The summed E-state index contributed by atoms with van der Waals surface area (Å²) in [5.41, 5.74) is 5.15. The van der Waals surface area contributed by atoms with E-state index in [9.17, 15) is 4.79 Å². The van der Waals surface area contributed by atoms with Gasteiger partial charge in [-0.05, 0) is 6.92 Å². The summed E-state index contributed by atoms with van der Waals surface area (Å²) < 4.78 is 35.8. The van der Waals surface area contributed by atoms with Crippen molar-refractivity contribution in [1.29, 1.82) is 0 Å². The Kier molecular flexibility index (Phi) is 7.50. The van der Waals surface area contributed by atoms with Gasteiger partial charge in [-0.3, -0.25) is 13.9 Å². The molecule has 0 heterocycles. The Labute approximate surface area is 81.2 Å². The second-order valence-corrected chi connectivity index (χ2v) is 3.13. The van der Waals surface area contributed by atoms with Crippen LogP contribution in [0.5, 0.6) is 0 Å². The highest BCUT2D eigenvalue weighted by Gasteiger charge is 2.18. The SMILES string of the molecule is COC(=O)C(N)C(C)O.O=S(=O)(O)O. The lowest BCUT2D eigenvalue weighted by Crippen LogP contribution is -2.40. The van der Waals surface area contributed by atoms with Crippen molar-refractivity contribution in [1.82, 2.24) is 0 Å². The first kappa shape index (κ1) is 15.7. The predicted octanol–water partition coefficient (Wildman–Crippen LogP) is -1.79. The normalized spacial score (nSPS) is 14.7. The number of hydrogen-bond donors (Lipinski definition) is 4. The molecule has 0 bridgehead atoms. The number of rotatable bonds is 2. The number of aliphatic hydroxyl groups excluding tert-OH is 1. The molecule has 2 atom stereocenters. The maximum absolute atomic E-state index is 10.4. The van der Waals surface area contributed by atoms with Gasteiger partial charge in [-0.15, -0.1) is 0 Å². The molecular formula is C5H13NO7S. The molecule has 9 heteroatoms. The molecule has 0 aromatic carbocycles. The smallest absolute Gasteiger partial charge is 0.394 e. The molecule has 0 saturated carbocycles. The second-order valence-electron chi connectivity index (χ2n) is 2.24. The van der Waals surface area contributed by atoms with E-state index in [0.717, 1.165) is 0 Å². The minimum atomic E-state index is -4.67. The molecule has 0 fully saturated rings. The van der Waals surface area contributed by atoms with E-state index in [1.54, 1.807) is 0 Å². The average Bonchev–Trinajstić information content (AvgIpc) is 1.98. The molecule has 0 rings (SSSR count). The van der Waals surface area contributed by atoms with E-state index < -0.39 is 28.5 Å². The van der Waals surface area contributed by atoms with Gasteiger partial charge in [-0.2, -0.15) is 8.42 Å². The molecule has 5 N–H and O–H groups in total. The van der Waals surface area contributed by atoms with Gasteiger partial charge < -0.3 is 15.6 Å². The van der Waals surface area contributed by atoms with Crippen molar-refractivity contribution >= 4 is 16.4 Å². The van der Waals surface area contributed by atoms with Crippen molar-refractivity contribution in [3.63, 3.8) is 0 Å². The molecule has 0 saturated heterocycles. The predicted molar refractivity (Wildman–Crippen MR) is 45.8 cm³/mol. The van der Waals surface area contributed by atoms with Crippen molar-refractivity contribution in [2.24, 2.45) is 5.73 Å². The fourth-order valence-corrected chi connectivity index (χ4v) is 0.333. The monoisotopic (exact) mass is 231 g/mol. The third-order valence-corrected chi connectivity index (χ3v) is 0.993. The van der Waals surface area contributed by atoms with Gasteiger partial charge in [-0.1, -0.05) is 0 Å². The Bertz CT molecular complexity index is 251. The maximum Gasteiger partial charge on any atom is 0.394 e. The number of nitrogens with two attached hydrogens (primary N) is 1. The molecule has 86 valence electrons. The van der Waals surface area contributed by atoms with Crippen LogP contribution in [0.25, 0.3) is 0 Å². The average molecular weight is 231 g/mol. The number of carbonyl (C=O) groups excluding carboxylic acids is 1. The van der Waals surface area contributed by atoms with Crippen LogP contribution >= 0.6 is 0 Å². The number of methoxy groups -OCH3 is 1. The first-order chi connectivity index (χ1) is 6.09. The number of carbonyl (C=O) groups is 1. The number of esters is 1. The lowest BCUT2D eigenvalue weighted by atomic mass is 10.2. The molecule has 14 heavy (non-hydrogen) atoms. The molecule has 0 aliphatic carbocycles. The molecule has 0 aliphatic rings. The van der Waals surface area contributed by atoms with Crippen molar-refractivity contribution in [2.45, 2.75) is 19.1 Å². The van der Waals surface area contributed by atoms with E-state index in [4.69, 9.17) is 28.4 Å². The molecule has 0 aromatic heterocycles. The summed E-state index contributed by atoms with van der Waals surface area (Å²) in [5.74, 6) is -0.593. The summed E-state index contributed by atoms with van der Waals surface area (Å²) in [7, 11) is -3.44. The van der Waals surface area contributed by atoms with Crippen LogP contribution in [0.1, 0.15) is 6.92 Å². The summed E-state index contributed by atoms with van der Waals surface area (Å²) >= 11 is 0. The molecule has 0 amide bonds. The van der Waals surface area contributed by atoms with Crippen LogP contribution in [-0.4, -0.2) is 47.9 Å². The van der Waals surface area contributed by atoms with Crippen LogP contribution in [0.3, 0.4) is 0 Å². The summed E-state index contributed by atoms with van der Waals surface area (Å²) in [6.07, 6.45) is -0.850. The zero-order valence-corrected chi connectivity index (χ0v) is 8.43. The van der Waals surface area contributed by atoms with Gasteiger partial charge >= 0.3 is 16.4 Å². The van der Waals surface area contributed by atoms with Crippen molar-refractivity contribution < 1.29 is 32.2 Å². The van der Waals surface area contributed by atoms with Gasteiger partial charge in [0.25, 0.3) is 0 Å². The minimum Gasteiger partial charge on any atom is -0.468 e. The lowest BCUT2D eigenvalue weighted by Gasteiger charge is -2.10. The zero-order chi connectivity index (χ0) is 11.9. The fraction of sp³-hybridized carbons (Fsp3) is 0.800. The van der Waals surface area contributed by atoms with Crippen LogP contribution in [0, 0.1) is 0 Å². The van der Waals surface area contributed by atoms with E-state index in [1.165, 1.54) is 14.0 Å². The third-order valence-electron chi connectivity index (χ3n) is 0.993. The molecule has 0 aliphatic heterocycles. The van der Waals surface area contributed by atoms with E-state index in [0.29, 0.717) is 0 Å². The Morgan fingerprint density at radius 2 is 1.71 bits per heavy atom. The lowest BCUT2D eigenvalue weighted by molar-refractivity contribution is -0.144. The number of ether oxygens (including phenoxy) is 1. The van der Waals surface area contributed by atoms with Crippen molar-refractivity contribution in [3.05, 3.63) is 0 Å². The largest absolute Gasteiger partial charge is 0.468 e. The van der Waals surface area contributed by atoms with Gasteiger partial charge in [0.1, 0.15) is 6.04 Å².